The second-order valence-corrected chi connectivity index (χ2v) is 9.28. The highest BCUT2D eigenvalue weighted by atomic mass is 16.3. The second kappa shape index (κ2) is 8.00. The first kappa shape index (κ1) is 19.7. The van der Waals surface area contributed by atoms with Crippen molar-refractivity contribution in [3.05, 3.63) is 49.1 Å². The Labute approximate surface area is 168 Å². The van der Waals surface area contributed by atoms with Crippen molar-refractivity contribution >= 4 is 5.57 Å². The molecule has 4 unspecified atom stereocenters. The molecule has 2 N–H and O–H groups in total. The Bertz CT molecular complexity index is 764. The molecule has 2 aliphatic carbocycles. The first-order valence-corrected chi connectivity index (χ1v) is 10.9. The molecule has 4 nitrogen and oxygen atoms in total. The molecule has 4 heteroatoms. The maximum Gasteiger partial charge on any atom is 0.0953 e. The van der Waals surface area contributed by atoms with Gasteiger partial charge in [0.1, 0.15) is 0 Å². The fourth-order valence-corrected chi connectivity index (χ4v) is 5.90. The van der Waals surface area contributed by atoms with Crippen LogP contribution in [-0.4, -0.2) is 31.5 Å². The van der Waals surface area contributed by atoms with Crippen LogP contribution in [0.2, 0.25) is 0 Å². The van der Waals surface area contributed by atoms with Gasteiger partial charge in [-0.1, -0.05) is 37.8 Å². The van der Waals surface area contributed by atoms with Gasteiger partial charge in [-0.2, -0.15) is 0 Å². The third-order valence-electron chi connectivity index (χ3n) is 7.47. The van der Waals surface area contributed by atoms with E-state index in [1.165, 1.54) is 6.42 Å². The maximum atomic E-state index is 11.3. The first-order chi connectivity index (χ1) is 13.5. The number of rotatable bonds is 4. The zero-order valence-electron chi connectivity index (χ0n) is 17.0. The molecule has 0 spiro atoms. The minimum Gasteiger partial charge on any atom is -0.393 e. The molecule has 1 aromatic rings. The van der Waals surface area contributed by atoms with Crippen molar-refractivity contribution in [1.82, 2.24) is 9.55 Å². The lowest BCUT2D eigenvalue weighted by molar-refractivity contribution is -0.0909. The van der Waals surface area contributed by atoms with Crippen LogP contribution in [0.5, 0.6) is 0 Å². The largest absolute Gasteiger partial charge is 0.393 e. The predicted molar refractivity (Wildman–Crippen MR) is 113 cm³/mol. The quantitative estimate of drug-likeness (QED) is 0.795. The molecule has 0 aromatic carbocycles. The van der Waals surface area contributed by atoms with Gasteiger partial charge in [0.2, 0.25) is 0 Å². The van der Waals surface area contributed by atoms with Crippen molar-refractivity contribution in [2.45, 2.75) is 76.0 Å². The molecule has 2 heterocycles. The highest BCUT2D eigenvalue weighted by Crippen LogP contribution is 2.49. The molecule has 2 bridgehead atoms. The summed E-state index contributed by atoms with van der Waals surface area (Å²) in [6.45, 7) is 6.26. The molecule has 2 fully saturated rings. The number of nitrogens with zero attached hydrogens (tertiary/aromatic N) is 2. The van der Waals surface area contributed by atoms with Crippen molar-refractivity contribution < 1.29 is 10.2 Å². The fourth-order valence-electron chi connectivity index (χ4n) is 5.90. The summed E-state index contributed by atoms with van der Waals surface area (Å²) in [7, 11) is 0. The Morgan fingerprint density at radius 1 is 1.32 bits per heavy atom. The summed E-state index contributed by atoms with van der Waals surface area (Å²) in [5.74, 6) is 1.37. The maximum absolute atomic E-state index is 11.3. The zero-order valence-corrected chi connectivity index (χ0v) is 17.0. The van der Waals surface area contributed by atoms with Crippen LogP contribution in [0.15, 0.2) is 43.4 Å². The number of aliphatic hydroxyl groups excluding tert-OH is 1. The van der Waals surface area contributed by atoms with Crippen LogP contribution in [0.1, 0.15) is 70.0 Å². The summed E-state index contributed by atoms with van der Waals surface area (Å²) in [5, 5.41) is 22.2. The van der Waals surface area contributed by atoms with E-state index >= 15 is 0 Å². The number of allylic oxidation sites excluding steroid dienone is 5. The normalized spacial score (nSPS) is 38.6. The summed E-state index contributed by atoms with van der Waals surface area (Å²) in [4.78, 5) is 4.35. The molecule has 1 aromatic heterocycles. The van der Waals surface area contributed by atoms with Gasteiger partial charge in [-0.05, 0) is 74.7 Å². The molecule has 0 amide bonds. The van der Waals surface area contributed by atoms with E-state index in [0.717, 1.165) is 56.2 Å². The van der Waals surface area contributed by atoms with Gasteiger partial charge in [0, 0.05) is 6.04 Å². The summed E-state index contributed by atoms with van der Waals surface area (Å²) < 4.78 is 2.18. The number of imidazole rings is 1. The van der Waals surface area contributed by atoms with E-state index in [1.54, 1.807) is 0 Å². The summed E-state index contributed by atoms with van der Waals surface area (Å²) in [6, 6.07) is 0.173. The first-order valence-electron chi connectivity index (χ1n) is 10.9. The van der Waals surface area contributed by atoms with Crippen LogP contribution in [0, 0.1) is 17.8 Å². The smallest absolute Gasteiger partial charge is 0.0953 e. The highest BCUT2D eigenvalue weighted by Gasteiger charge is 2.45. The predicted octanol–water partition coefficient (Wildman–Crippen LogP) is 4.67. The van der Waals surface area contributed by atoms with Gasteiger partial charge in [-0.15, -0.1) is 0 Å². The molecular formula is C24H34N2O2. The van der Waals surface area contributed by atoms with Crippen LogP contribution < -0.4 is 0 Å². The lowest BCUT2D eigenvalue weighted by Crippen LogP contribution is -2.46. The van der Waals surface area contributed by atoms with Gasteiger partial charge in [0.15, 0.2) is 0 Å². The molecular weight excluding hydrogens is 348 g/mol. The van der Waals surface area contributed by atoms with Gasteiger partial charge in [-0.3, -0.25) is 0 Å². The fraction of sp³-hybridized carbons (Fsp3) is 0.625. The Morgan fingerprint density at radius 3 is 3.00 bits per heavy atom. The molecule has 6 atom stereocenters. The van der Waals surface area contributed by atoms with E-state index in [-0.39, 0.29) is 12.1 Å². The van der Waals surface area contributed by atoms with Gasteiger partial charge in [0.25, 0.3) is 0 Å². The van der Waals surface area contributed by atoms with Crippen LogP contribution >= 0.6 is 0 Å². The van der Waals surface area contributed by atoms with E-state index in [0.29, 0.717) is 17.8 Å². The monoisotopic (exact) mass is 382 g/mol. The number of hydrogen-bond acceptors (Lipinski definition) is 3. The molecule has 28 heavy (non-hydrogen) atoms. The van der Waals surface area contributed by atoms with Crippen LogP contribution in [0.25, 0.3) is 5.57 Å². The lowest BCUT2D eigenvalue weighted by Gasteiger charge is -2.49. The van der Waals surface area contributed by atoms with Gasteiger partial charge in [0.05, 0.1) is 29.9 Å². The Hall–Kier alpha value is -1.65. The summed E-state index contributed by atoms with van der Waals surface area (Å²) >= 11 is 0. The average molecular weight is 383 g/mol. The minimum atomic E-state index is -0.520. The summed E-state index contributed by atoms with van der Waals surface area (Å²) in [6.07, 6.45) is 19.3. The SMILES string of the molecule is C=C1/C=C\C=C/C[C@@H](C[C@@H](O)C2CCC3CC2CC(O)(CC)C3)n2cncc21. The van der Waals surface area contributed by atoms with Crippen LogP contribution in [0.3, 0.4) is 0 Å². The summed E-state index contributed by atoms with van der Waals surface area (Å²) in [5.41, 5.74) is 1.46. The molecule has 1 aliphatic heterocycles. The second-order valence-electron chi connectivity index (χ2n) is 9.28. The molecule has 152 valence electrons. The Kier molecular flexibility index (Phi) is 5.62. The lowest BCUT2D eigenvalue weighted by atomic mass is 9.60. The van der Waals surface area contributed by atoms with E-state index in [4.69, 9.17) is 0 Å². The molecule has 4 rings (SSSR count). The van der Waals surface area contributed by atoms with Gasteiger partial charge < -0.3 is 14.8 Å². The van der Waals surface area contributed by atoms with Crippen LogP contribution in [-0.2, 0) is 0 Å². The van der Waals surface area contributed by atoms with Crippen molar-refractivity contribution in [2.75, 3.05) is 0 Å². The number of fused-ring (bicyclic) bond motifs is 3. The van der Waals surface area contributed by atoms with Crippen molar-refractivity contribution in [2.24, 2.45) is 17.8 Å². The van der Waals surface area contributed by atoms with Crippen molar-refractivity contribution in [1.29, 1.82) is 0 Å². The van der Waals surface area contributed by atoms with Crippen molar-refractivity contribution in [3.63, 3.8) is 0 Å². The standard InChI is InChI=1S/C24H34N2O2/c1-3-24(28)13-18-9-10-21(19(11-18)14-24)23(27)12-20-8-6-4-5-7-17(2)22-15-25-16-26(20)22/h4-7,15-16,18-21,23,27-28H,2-3,8-14H2,1H3/b6-4-,7-5-/t18?,19?,20-,21?,23+,24?/m0/s1. The minimum absolute atomic E-state index is 0.173. The third kappa shape index (κ3) is 3.90. The number of hydrogen-bond donors (Lipinski definition) is 2. The third-order valence-corrected chi connectivity index (χ3v) is 7.47. The van der Waals surface area contributed by atoms with Crippen molar-refractivity contribution in [3.8, 4) is 0 Å². The van der Waals surface area contributed by atoms with Gasteiger partial charge >= 0.3 is 0 Å². The highest BCUT2D eigenvalue weighted by molar-refractivity contribution is 5.70. The molecule has 3 aliphatic rings. The number of aliphatic hydroxyl groups is 2. The molecule has 2 saturated carbocycles. The Balaban J connectivity index is 1.51. The van der Waals surface area contributed by atoms with E-state index < -0.39 is 5.60 Å². The number of aromatic nitrogens is 2. The molecule has 0 radical (unpaired) electrons. The topological polar surface area (TPSA) is 58.3 Å². The van der Waals surface area contributed by atoms with E-state index in [9.17, 15) is 10.2 Å². The van der Waals surface area contributed by atoms with Crippen LogP contribution in [0.4, 0.5) is 0 Å². The zero-order chi connectivity index (χ0) is 19.7. The van der Waals surface area contributed by atoms with E-state index in [1.807, 2.05) is 24.7 Å². The Morgan fingerprint density at radius 2 is 2.18 bits per heavy atom. The van der Waals surface area contributed by atoms with E-state index in [2.05, 4.69) is 35.2 Å². The van der Waals surface area contributed by atoms with Gasteiger partial charge in [-0.25, -0.2) is 4.98 Å². The molecule has 0 saturated heterocycles. The average Bonchev–Trinajstić information content (AvgIpc) is 3.17.